The Balaban J connectivity index is 1.74. The molecule has 8 heteroatoms. The minimum Gasteiger partial charge on any atom is -0.338 e. The summed E-state index contributed by atoms with van der Waals surface area (Å²) in [6.07, 6.45) is 0. The molecule has 0 radical (unpaired) electrons. The average molecular weight is 393 g/mol. The molecule has 118 valence electrons. The van der Waals surface area contributed by atoms with Gasteiger partial charge in [0.05, 0.1) is 5.75 Å². The number of nitrogens with zero attached hydrogens (tertiary/aromatic N) is 3. The summed E-state index contributed by atoms with van der Waals surface area (Å²) in [7, 11) is 0. The highest BCUT2D eigenvalue weighted by atomic mass is 79.9. The van der Waals surface area contributed by atoms with Crippen LogP contribution in [0.15, 0.2) is 43.2 Å². The van der Waals surface area contributed by atoms with Crippen molar-refractivity contribution in [2.75, 3.05) is 0 Å². The summed E-state index contributed by atoms with van der Waals surface area (Å²) in [4.78, 5) is 23.2. The van der Waals surface area contributed by atoms with Crippen molar-refractivity contribution < 1.29 is 4.52 Å². The Bertz CT molecular complexity index is 906. The minimum absolute atomic E-state index is 0.125. The molecule has 0 spiro atoms. The van der Waals surface area contributed by atoms with Gasteiger partial charge >= 0.3 is 0 Å². The molecular weight excluding hydrogens is 380 g/mol. The molecule has 3 aromatic rings. The molecule has 23 heavy (non-hydrogen) atoms. The number of rotatable bonds is 4. The van der Waals surface area contributed by atoms with E-state index in [0.29, 0.717) is 28.2 Å². The molecule has 0 amide bonds. The van der Waals surface area contributed by atoms with Crippen molar-refractivity contribution in [3.63, 3.8) is 0 Å². The summed E-state index contributed by atoms with van der Waals surface area (Å²) in [5.41, 5.74) is 2.10. The fourth-order valence-electron chi connectivity index (χ4n) is 1.88. The molecule has 0 aliphatic carbocycles. The van der Waals surface area contributed by atoms with Gasteiger partial charge in [-0.05, 0) is 26.0 Å². The highest BCUT2D eigenvalue weighted by Crippen LogP contribution is 2.23. The van der Waals surface area contributed by atoms with Crippen LogP contribution in [0.3, 0.4) is 0 Å². The van der Waals surface area contributed by atoms with E-state index in [1.807, 2.05) is 31.2 Å². The minimum atomic E-state index is -0.125. The predicted octanol–water partition coefficient (Wildman–Crippen LogP) is 3.49. The zero-order chi connectivity index (χ0) is 16.4. The van der Waals surface area contributed by atoms with Gasteiger partial charge in [0.25, 0.3) is 5.56 Å². The van der Waals surface area contributed by atoms with Crippen LogP contribution >= 0.6 is 27.7 Å². The molecule has 3 rings (SSSR count). The summed E-state index contributed by atoms with van der Waals surface area (Å²) in [5.74, 6) is 1.45. The van der Waals surface area contributed by atoms with Gasteiger partial charge in [-0.1, -0.05) is 45.0 Å². The monoisotopic (exact) mass is 392 g/mol. The van der Waals surface area contributed by atoms with Crippen molar-refractivity contribution in [3.8, 4) is 11.4 Å². The van der Waals surface area contributed by atoms with Crippen LogP contribution in [0.1, 0.15) is 17.1 Å². The number of aromatic nitrogens is 4. The molecule has 0 saturated carbocycles. The van der Waals surface area contributed by atoms with Crippen LogP contribution in [0.5, 0.6) is 0 Å². The third kappa shape index (κ3) is 3.70. The molecule has 0 atom stereocenters. The Morgan fingerprint density at radius 3 is 2.87 bits per heavy atom. The lowest BCUT2D eigenvalue weighted by Crippen LogP contribution is -2.14. The second kappa shape index (κ2) is 6.67. The average Bonchev–Trinajstić information content (AvgIpc) is 2.99. The normalized spacial score (nSPS) is 10.9. The van der Waals surface area contributed by atoms with Gasteiger partial charge in [-0.25, -0.2) is 4.98 Å². The van der Waals surface area contributed by atoms with Crippen LogP contribution in [0, 0.1) is 13.8 Å². The number of aromatic amines is 1. The maximum atomic E-state index is 11.7. The van der Waals surface area contributed by atoms with Crippen LogP contribution in [-0.4, -0.2) is 20.1 Å². The van der Waals surface area contributed by atoms with Crippen LogP contribution in [0.4, 0.5) is 0 Å². The predicted molar refractivity (Wildman–Crippen MR) is 91.3 cm³/mol. The van der Waals surface area contributed by atoms with Gasteiger partial charge in [-0.15, -0.1) is 0 Å². The Morgan fingerprint density at radius 2 is 2.13 bits per heavy atom. The largest absolute Gasteiger partial charge is 0.338 e. The summed E-state index contributed by atoms with van der Waals surface area (Å²) < 4.78 is 6.20. The Labute approximate surface area is 144 Å². The van der Waals surface area contributed by atoms with Crippen LogP contribution in [-0.2, 0) is 5.75 Å². The number of hydrogen-bond donors (Lipinski definition) is 1. The molecule has 2 heterocycles. The van der Waals surface area contributed by atoms with E-state index in [0.717, 1.165) is 15.7 Å². The Morgan fingerprint density at radius 1 is 1.30 bits per heavy atom. The van der Waals surface area contributed by atoms with Crippen LogP contribution in [0.2, 0.25) is 0 Å². The number of hydrogen-bond acceptors (Lipinski definition) is 6. The molecule has 0 unspecified atom stereocenters. The van der Waals surface area contributed by atoms with Gasteiger partial charge in [0.1, 0.15) is 0 Å². The first-order chi connectivity index (χ1) is 11.0. The molecule has 2 aromatic heterocycles. The summed E-state index contributed by atoms with van der Waals surface area (Å²) in [6.45, 7) is 3.56. The second-order valence-corrected chi connectivity index (χ2v) is 6.77. The number of thioether (sulfide) groups is 1. The van der Waals surface area contributed by atoms with E-state index < -0.39 is 0 Å². The molecule has 0 bridgehead atoms. The number of nitrogens with one attached hydrogen (secondary N) is 1. The van der Waals surface area contributed by atoms with Crippen molar-refractivity contribution in [3.05, 3.63) is 56.2 Å². The maximum absolute atomic E-state index is 11.7. The highest BCUT2D eigenvalue weighted by molar-refractivity contribution is 9.10. The molecule has 0 aliphatic heterocycles. The molecule has 0 fully saturated rings. The van der Waals surface area contributed by atoms with Gasteiger partial charge < -0.3 is 9.51 Å². The van der Waals surface area contributed by atoms with E-state index in [1.165, 1.54) is 11.8 Å². The van der Waals surface area contributed by atoms with Gasteiger partial charge in [0.2, 0.25) is 11.7 Å². The molecule has 1 N–H and O–H groups in total. The van der Waals surface area contributed by atoms with Gasteiger partial charge in [0, 0.05) is 21.3 Å². The lowest BCUT2D eigenvalue weighted by molar-refractivity contribution is 0.391. The zero-order valence-electron chi connectivity index (χ0n) is 12.5. The topological polar surface area (TPSA) is 84.7 Å². The molecular formula is C15H13BrN4O2S. The first kappa shape index (κ1) is 15.9. The Kier molecular flexibility index (Phi) is 4.63. The summed E-state index contributed by atoms with van der Waals surface area (Å²) in [6, 6.07) is 7.68. The van der Waals surface area contributed by atoms with Gasteiger partial charge in [-0.3, -0.25) is 4.79 Å². The van der Waals surface area contributed by atoms with Gasteiger partial charge in [0.15, 0.2) is 5.16 Å². The van der Waals surface area contributed by atoms with E-state index in [2.05, 4.69) is 36.0 Å². The number of H-pyrrole nitrogens is 1. The van der Waals surface area contributed by atoms with Crippen LogP contribution in [0.25, 0.3) is 11.4 Å². The third-order valence-electron chi connectivity index (χ3n) is 3.26. The number of halogens is 1. The maximum Gasteiger partial charge on any atom is 0.254 e. The third-order valence-corrected chi connectivity index (χ3v) is 4.61. The first-order valence-electron chi connectivity index (χ1n) is 6.82. The van der Waals surface area contributed by atoms with Crippen molar-refractivity contribution in [1.82, 2.24) is 20.1 Å². The fraction of sp³-hybridized carbons (Fsp3) is 0.200. The highest BCUT2D eigenvalue weighted by Gasteiger charge is 2.11. The van der Waals surface area contributed by atoms with Crippen molar-refractivity contribution >= 4 is 27.7 Å². The van der Waals surface area contributed by atoms with E-state index in [4.69, 9.17) is 4.52 Å². The summed E-state index contributed by atoms with van der Waals surface area (Å²) >= 11 is 4.76. The van der Waals surface area contributed by atoms with E-state index in [9.17, 15) is 4.79 Å². The standard InChI is InChI=1S/C15H13BrN4O2S/c1-8-9(2)17-15(19-14(8)21)23-7-12-18-13(20-22-12)10-4-3-5-11(16)6-10/h3-6H,7H2,1-2H3,(H,17,19,21). The quantitative estimate of drug-likeness (QED) is 0.540. The van der Waals surface area contributed by atoms with E-state index in [-0.39, 0.29) is 5.56 Å². The van der Waals surface area contributed by atoms with Gasteiger partial charge in [-0.2, -0.15) is 4.98 Å². The lowest BCUT2D eigenvalue weighted by Gasteiger charge is -2.01. The fourth-order valence-corrected chi connectivity index (χ4v) is 3.02. The lowest BCUT2D eigenvalue weighted by atomic mass is 10.2. The molecule has 0 saturated heterocycles. The molecule has 0 aliphatic rings. The van der Waals surface area contributed by atoms with Crippen LogP contribution < -0.4 is 5.56 Å². The number of benzene rings is 1. The van der Waals surface area contributed by atoms with Crippen molar-refractivity contribution in [2.45, 2.75) is 24.8 Å². The second-order valence-electron chi connectivity index (χ2n) is 4.89. The van der Waals surface area contributed by atoms with E-state index >= 15 is 0 Å². The Hall–Kier alpha value is -1.93. The van der Waals surface area contributed by atoms with Crippen molar-refractivity contribution in [2.24, 2.45) is 0 Å². The van der Waals surface area contributed by atoms with E-state index in [1.54, 1.807) is 6.92 Å². The summed E-state index contributed by atoms with van der Waals surface area (Å²) in [5, 5.41) is 4.52. The number of aryl methyl sites for hydroxylation is 1. The SMILES string of the molecule is Cc1nc(SCc2nc(-c3cccc(Br)c3)no2)[nH]c(=O)c1C. The first-order valence-corrected chi connectivity index (χ1v) is 8.59. The molecule has 1 aromatic carbocycles. The molecule has 6 nitrogen and oxygen atoms in total. The van der Waals surface area contributed by atoms with Crippen molar-refractivity contribution in [1.29, 1.82) is 0 Å². The zero-order valence-corrected chi connectivity index (χ0v) is 14.9. The smallest absolute Gasteiger partial charge is 0.254 e.